The fraction of sp³-hybridized carbons (Fsp3) is 0.333. The third-order valence-corrected chi connectivity index (χ3v) is 3.22. The molecule has 1 amide bonds. The Morgan fingerprint density at radius 1 is 1.43 bits per heavy atom. The summed E-state index contributed by atoms with van der Waals surface area (Å²) in [6.07, 6.45) is 3.54. The number of aryl methyl sites for hydroxylation is 1. The highest BCUT2D eigenvalue weighted by atomic mass is 16.5. The summed E-state index contributed by atoms with van der Waals surface area (Å²) in [6, 6.07) is 8.61. The quantitative estimate of drug-likeness (QED) is 0.815. The normalized spacial score (nSPS) is 13.7. The van der Waals surface area contributed by atoms with Gasteiger partial charge in [0.1, 0.15) is 17.9 Å². The summed E-state index contributed by atoms with van der Waals surface area (Å²) in [5, 5.41) is 2.93. The van der Waals surface area contributed by atoms with Gasteiger partial charge in [0.2, 0.25) is 5.91 Å². The molecule has 21 heavy (non-hydrogen) atoms. The van der Waals surface area contributed by atoms with Crippen LogP contribution in [0.25, 0.3) is 0 Å². The highest BCUT2D eigenvalue weighted by molar-refractivity contribution is 5.82. The van der Waals surface area contributed by atoms with E-state index in [1.165, 1.54) is 7.11 Å². The topological polar surface area (TPSA) is 82.2 Å². The van der Waals surface area contributed by atoms with E-state index in [0.29, 0.717) is 0 Å². The van der Waals surface area contributed by atoms with Crippen molar-refractivity contribution in [2.24, 2.45) is 12.8 Å². The molecule has 6 nitrogen and oxygen atoms in total. The smallest absolute Gasteiger partial charge is 0.240 e. The first-order valence-electron chi connectivity index (χ1n) is 6.70. The Labute approximate surface area is 123 Å². The molecule has 1 heterocycles. The maximum absolute atomic E-state index is 12.2. The molecule has 2 aromatic rings. The van der Waals surface area contributed by atoms with Crippen LogP contribution in [-0.4, -0.2) is 35.2 Å². The molecule has 0 saturated heterocycles. The number of amides is 1. The third-order valence-electron chi connectivity index (χ3n) is 3.22. The van der Waals surface area contributed by atoms with Crippen LogP contribution in [0.1, 0.15) is 17.4 Å². The van der Waals surface area contributed by atoms with Crippen molar-refractivity contribution in [1.82, 2.24) is 14.9 Å². The van der Waals surface area contributed by atoms with E-state index < -0.39 is 6.04 Å². The lowest BCUT2D eigenvalue weighted by atomic mass is 10.1. The summed E-state index contributed by atoms with van der Waals surface area (Å²) in [6.45, 7) is 0.175. The minimum absolute atomic E-state index is 0.175. The number of benzene rings is 1. The molecule has 0 fully saturated rings. The van der Waals surface area contributed by atoms with Crippen molar-refractivity contribution in [3.63, 3.8) is 0 Å². The Bertz CT molecular complexity index is 582. The van der Waals surface area contributed by atoms with Gasteiger partial charge in [-0.2, -0.15) is 0 Å². The Morgan fingerprint density at radius 3 is 2.71 bits per heavy atom. The van der Waals surface area contributed by atoms with Gasteiger partial charge in [0, 0.05) is 26.6 Å². The zero-order chi connectivity index (χ0) is 15.2. The first-order chi connectivity index (χ1) is 10.1. The predicted molar refractivity (Wildman–Crippen MR) is 79.5 cm³/mol. The monoisotopic (exact) mass is 288 g/mol. The van der Waals surface area contributed by atoms with Crippen LogP contribution >= 0.6 is 0 Å². The number of rotatable bonds is 6. The second-order valence-corrected chi connectivity index (χ2v) is 4.81. The SMILES string of the molecule is COCC(N)C(=O)NC(c1ccccc1)c1nccn1C. The molecule has 0 bridgehead atoms. The first-order valence-corrected chi connectivity index (χ1v) is 6.70. The number of carbonyl (C=O) groups excluding carboxylic acids is 1. The molecule has 0 aliphatic carbocycles. The molecule has 3 N–H and O–H groups in total. The van der Waals surface area contributed by atoms with Gasteiger partial charge >= 0.3 is 0 Å². The molecule has 2 rings (SSSR count). The molecule has 1 aromatic carbocycles. The number of aromatic nitrogens is 2. The molecular weight excluding hydrogens is 268 g/mol. The largest absolute Gasteiger partial charge is 0.383 e. The molecular formula is C15H20N4O2. The third kappa shape index (κ3) is 3.68. The molecule has 0 saturated carbocycles. The van der Waals surface area contributed by atoms with Crippen LogP contribution < -0.4 is 11.1 Å². The number of imidazole rings is 1. The van der Waals surface area contributed by atoms with Gasteiger partial charge in [-0.05, 0) is 5.56 Å². The second-order valence-electron chi connectivity index (χ2n) is 4.81. The maximum Gasteiger partial charge on any atom is 0.240 e. The van der Waals surface area contributed by atoms with E-state index in [2.05, 4.69) is 10.3 Å². The zero-order valence-electron chi connectivity index (χ0n) is 12.2. The van der Waals surface area contributed by atoms with E-state index in [4.69, 9.17) is 10.5 Å². The van der Waals surface area contributed by atoms with Crippen molar-refractivity contribution in [3.05, 3.63) is 54.1 Å². The van der Waals surface area contributed by atoms with Gasteiger partial charge < -0.3 is 20.4 Å². The van der Waals surface area contributed by atoms with Gasteiger partial charge in [-0.3, -0.25) is 4.79 Å². The molecule has 6 heteroatoms. The number of carbonyl (C=O) groups is 1. The second kappa shape index (κ2) is 7.01. The number of hydrogen-bond donors (Lipinski definition) is 2. The molecule has 1 aromatic heterocycles. The van der Waals surface area contributed by atoms with Crippen molar-refractivity contribution in [1.29, 1.82) is 0 Å². The summed E-state index contributed by atoms with van der Waals surface area (Å²) >= 11 is 0. The lowest BCUT2D eigenvalue weighted by molar-refractivity contribution is -0.124. The van der Waals surface area contributed by atoms with Gasteiger partial charge in [-0.15, -0.1) is 0 Å². The molecule has 0 aliphatic heterocycles. The number of nitrogens with zero attached hydrogens (tertiary/aromatic N) is 2. The van der Waals surface area contributed by atoms with Crippen LogP contribution in [0.5, 0.6) is 0 Å². The summed E-state index contributed by atoms with van der Waals surface area (Å²) in [5.41, 5.74) is 6.73. The molecule has 112 valence electrons. The highest BCUT2D eigenvalue weighted by Gasteiger charge is 2.23. The number of ether oxygens (including phenoxy) is 1. The van der Waals surface area contributed by atoms with Gasteiger partial charge in [0.05, 0.1) is 6.61 Å². The van der Waals surface area contributed by atoms with Crippen LogP contribution in [0.2, 0.25) is 0 Å². The number of hydrogen-bond acceptors (Lipinski definition) is 4. The Balaban J connectivity index is 2.26. The van der Waals surface area contributed by atoms with Crippen molar-refractivity contribution in [2.45, 2.75) is 12.1 Å². The molecule has 2 unspecified atom stereocenters. The number of nitrogens with one attached hydrogen (secondary N) is 1. The molecule has 2 atom stereocenters. The minimum atomic E-state index is -0.707. The van der Waals surface area contributed by atoms with Crippen LogP contribution in [-0.2, 0) is 16.6 Å². The summed E-state index contributed by atoms with van der Waals surface area (Å²) < 4.78 is 6.79. The van der Waals surface area contributed by atoms with Crippen LogP contribution in [0.15, 0.2) is 42.7 Å². The van der Waals surface area contributed by atoms with Crippen molar-refractivity contribution in [2.75, 3.05) is 13.7 Å². The zero-order valence-corrected chi connectivity index (χ0v) is 12.2. The summed E-state index contributed by atoms with van der Waals surface area (Å²) in [4.78, 5) is 16.5. The van der Waals surface area contributed by atoms with E-state index in [-0.39, 0.29) is 18.6 Å². The predicted octanol–water partition coefficient (Wildman–Crippen LogP) is 0.599. The van der Waals surface area contributed by atoms with Crippen molar-refractivity contribution < 1.29 is 9.53 Å². The Kier molecular flexibility index (Phi) is 5.08. The van der Waals surface area contributed by atoms with Crippen LogP contribution in [0.3, 0.4) is 0 Å². The van der Waals surface area contributed by atoms with Gasteiger partial charge in [0.15, 0.2) is 0 Å². The average Bonchev–Trinajstić information content (AvgIpc) is 2.91. The Hall–Kier alpha value is -2.18. The number of nitrogens with two attached hydrogens (primary N) is 1. The standard InChI is InChI=1S/C15H20N4O2/c1-19-9-8-17-14(19)13(11-6-4-3-5-7-11)18-15(20)12(16)10-21-2/h3-9,12-13H,10,16H2,1-2H3,(H,18,20). The highest BCUT2D eigenvalue weighted by Crippen LogP contribution is 2.20. The maximum atomic E-state index is 12.2. The van der Waals surface area contributed by atoms with Crippen molar-refractivity contribution >= 4 is 5.91 Å². The van der Waals surface area contributed by atoms with Gasteiger partial charge in [0.25, 0.3) is 0 Å². The Morgan fingerprint density at radius 2 is 2.14 bits per heavy atom. The van der Waals surface area contributed by atoms with E-state index in [0.717, 1.165) is 11.4 Å². The fourth-order valence-electron chi connectivity index (χ4n) is 2.10. The molecule has 0 spiro atoms. The minimum Gasteiger partial charge on any atom is -0.383 e. The lowest BCUT2D eigenvalue weighted by Crippen LogP contribution is -2.45. The average molecular weight is 288 g/mol. The van der Waals surface area contributed by atoms with E-state index in [9.17, 15) is 4.79 Å². The van der Waals surface area contributed by atoms with Gasteiger partial charge in [-0.1, -0.05) is 30.3 Å². The number of methoxy groups -OCH3 is 1. The molecule has 0 radical (unpaired) electrons. The lowest BCUT2D eigenvalue weighted by Gasteiger charge is -2.21. The van der Waals surface area contributed by atoms with E-state index in [1.807, 2.05) is 48.1 Å². The van der Waals surface area contributed by atoms with Gasteiger partial charge in [-0.25, -0.2) is 4.98 Å². The van der Waals surface area contributed by atoms with E-state index >= 15 is 0 Å². The molecule has 0 aliphatic rings. The van der Waals surface area contributed by atoms with E-state index in [1.54, 1.807) is 6.20 Å². The van der Waals surface area contributed by atoms with Crippen molar-refractivity contribution in [3.8, 4) is 0 Å². The summed E-state index contributed by atoms with van der Waals surface area (Å²) in [7, 11) is 3.40. The fourth-order valence-corrected chi connectivity index (χ4v) is 2.10. The first kappa shape index (κ1) is 15.2. The van der Waals surface area contributed by atoms with Crippen LogP contribution in [0, 0.1) is 0 Å². The van der Waals surface area contributed by atoms with Crippen LogP contribution in [0.4, 0.5) is 0 Å². The summed E-state index contributed by atoms with van der Waals surface area (Å²) in [5.74, 6) is 0.480.